The molecule has 2 aromatic carbocycles. The molecule has 0 radical (unpaired) electrons. The van der Waals surface area contributed by atoms with Gasteiger partial charge in [-0.2, -0.15) is 5.10 Å². The predicted molar refractivity (Wildman–Crippen MR) is 141 cm³/mol. The lowest BCUT2D eigenvalue weighted by Crippen LogP contribution is -2.39. The van der Waals surface area contributed by atoms with Crippen LogP contribution in [0.2, 0.25) is 5.02 Å². The molecule has 9 nitrogen and oxygen atoms in total. The van der Waals surface area contributed by atoms with E-state index in [1.165, 1.54) is 4.68 Å². The Bertz CT molecular complexity index is 1420. The van der Waals surface area contributed by atoms with Gasteiger partial charge in [-0.3, -0.25) is 14.4 Å². The number of aromatic nitrogens is 2. The van der Waals surface area contributed by atoms with Gasteiger partial charge in [0.05, 0.1) is 17.3 Å². The molecular weight excluding hydrogens is 494 g/mol. The lowest BCUT2D eigenvalue weighted by atomic mass is 10.0. The Hall–Kier alpha value is -3.85. The van der Waals surface area contributed by atoms with Crippen molar-refractivity contribution in [2.45, 2.75) is 39.5 Å². The topological polar surface area (TPSA) is 111 Å². The van der Waals surface area contributed by atoms with E-state index in [2.05, 4.69) is 5.10 Å². The summed E-state index contributed by atoms with van der Waals surface area (Å²) < 4.78 is 6.95. The fraction of sp³-hybridized carbons (Fsp3) is 0.333. The maximum absolute atomic E-state index is 13.8. The van der Waals surface area contributed by atoms with Gasteiger partial charge >= 0.3 is 0 Å². The Morgan fingerprint density at radius 1 is 1.05 bits per heavy atom. The molecule has 2 aliphatic rings. The molecule has 1 saturated heterocycles. The van der Waals surface area contributed by atoms with Crippen LogP contribution in [0.25, 0.3) is 5.69 Å². The molecule has 0 atom stereocenters. The quantitative estimate of drug-likeness (QED) is 0.526. The number of hydrogen-bond donors (Lipinski definition) is 1. The number of carbonyl (C=O) groups excluding carboxylic acids is 3. The van der Waals surface area contributed by atoms with E-state index in [9.17, 15) is 14.4 Å². The number of aryl methyl sites for hydroxylation is 1. The van der Waals surface area contributed by atoms with E-state index in [1.807, 2.05) is 36.9 Å². The molecule has 0 saturated carbocycles. The van der Waals surface area contributed by atoms with Crippen LogP contribution in [0.4, 0.5) is 11.4 Å². The fourth-order valence-electron chi connectivity index (χ4n) is 5.06. The average molecular weight is 522 g/mol. The number of rotatable bonds is 6. The van der Waals surface area contributed by atoms with Gasteiger partial charge in [0.25, 0.3) is 11.8 Å². The van der Waals surface area contributed by atoms with Crippen LogP contribution in [0.3, 0.4) is 0 Å². The number of anilines is 2. The van der Waals surface area contributed by atoms with Crippen LogP contribution in [-0.4, -0.2) is 47.2 Å². The Kier molecular flexibility index (Phi) is 6.64. The van der Waals surface area contributed by atoms with Crippen LogP contribution >= 0.6 is 11.6 Å². The first-order chi connectivity index (χ1) is 17.8. The van der Waals surface area contributed by atoms with E-state index in [0.29, 0.717) is 60.2 Å². The zero-order valence-corrected chi connectivity index (χ0v) is 21.5. The summed E-state index contributed by atoms with van der Waals surface area (Å²) in [5.74, 6) is -0.357. The molecule has 1 fully saturated rings. The molecule has 0 spiro atoms. The highest BCUT2D eigenvalue weighted by molar-refractivity contribution is 6.32. The third-order valence-corrected chi connectivity index (χ3v) is 7.11. The third-order valence-electron chi connectivity index (χ3n) is 6.82. The number of primary amides is 1. The second kappa shape index (κ2) is 9.89. The van der Waals surface area contributed by atoms with Crippen molar-refractivity contribution in [2.24, 2.45) is 5.73 Å². The monoisotopic (exact) mass is 521 g/mol. The first-order valence-corrected chi connectivity index (χ1v) is 12.7. The summed E-state index contributed by atoms with van der Waals surface area (Å²) in [4.78, 5) is 41.9. The second-order valence-corrected chi connectivity index (χ2v) is 9.59. The number of amides is 3. The Balaban J connectivity index is 1.53. The number of fused-ring (bicyclic) bond motifs is 1. The van der Waals surface area contributed by atoms with Gasteiger partial charge in [-0.1, -0.05) is 11.6 Å². The number of piperidine rings is 1. The van der Waals surface area contributed by atoms with Crippen molar-refractivity contribution in [1.82, 2.24) is 9.78 Å². The van der Waals surface area contributed by atoms with Gasteiger partial charge in [0.15, 0.2) is 5.69 Å². The van der Waals surface area contributed by atoms with Gasteiger partial charge in [-0.15, -0.1) is 0 Å². The molecular formula is C27H28ClN5O4. The minimum absolute atomic E-state index is 0.0724. The zero-order valence-electron chi connectivity index (χ0n) is 20.8. The van der Waals surface area contributed by atoms with Gasteiger partial charge in [0.2, 0.25) is 5.91 Å². The van der Waals surface area contributed by atoms with Crippen molar-refractivity contribution in [3.05, 3.63) is 63.9 Å². The first-order valence-electron chi connectivity index (χ1n) is 12.4. The number of ether oxygens (including phenoxy) is 1. The highest BCUT2D eigenvalue weighted by Gasteiger charge is 2.35. The fourth-order valence-corrected chi connectivity index (χ4v) is 5.29. The van der Waals surface area contributed by atoms with Crippen LogP contribution in [0.15, 0.2) is 36.4 Å². The number of halogens is 1. The van der Waals surface area contributed by atoms with Crippen molar-refractivity contribution in [1.29, 1.82) is 0 Å². The lowest BCUT2D eigenvalue weighted by Gasteiger charge is -2.31. The molecule has 192 valence electrons. The van der Waals surface area contributed by atoms with Crippen LogP contribution in [-0.2, 0) is 11.2 Å². The molecule has 3 aromatic rings. The average Bonchev–Trinajstić information content (AvgIpc) is 3.27. The summed E-state index contributed by atoms with van der Waals surface area (Å²) in [7, 11) is 0. The van der Waals surface area contributed by atoms with Gasteiger partial charge in [0, 0.05) is 36.4 Å². The molecule has 1 aromatic heterocycles. The highest BCUT2D eigenvalue weighted by atomic mass is 35.5. The third kappa shape index (κ3) is 4.44. The molecule has 5 rings (SSSR count). The Morgan fingerprint density at radius 3 is 2.51 bits per heavy atom. The minimum atomic E-state index is -0.695. The first kappa shape index (κ1) is 24.8. The van der Waals surface area contributed by atoms with Crippen LogP contribution in [0.1, 0.15) is 58.3 Å². The number of nitrogens with two attached hydrogens (primary N) is 1. The standard InChI is InChI=1S/C27H28ClN5O4/c1-3-37-22-10-8-18(15-20(22)28)33-25-19(24(30-33)26(29)35)11-13-31(27(25)36)17-7-9-21(16(2)14-17)32-12-5-4-6-23(32)34/h7-10,14-15H,3-6,11-13H2,1-2H3,(H2,29,35). The molecule has 2 N–H and O–H groups in total. The maximum Gasteiger partial charge on any atom is 0.277 e. The van der Waals surface area contributed by atoms with E-state index >= 15 is 0 Å². The Labute approximate surface area is 219 Å². The summed E-state index contributed by atoms with van der Waals surface area (Å²) in [6, 6.07) is 10.8. The number of nitrogens with zero attached hydrogens (tertiary/aromatic N) is 4. The van der Waals surface area contributed by atoms with Crippen molar-refractivity contribution in [3.8, 4) is 11.4 Å². The molecule has 3 heterocycles. The van der Waals surface area contributed by atoms with Gasteiger partial charge in [-0.25, -0.2) is 4.68 Å². The summed E-state index contributed by atoms with van der Waals surface area (Å²) in [5, 5.41) is 4.77. The van der Waals surface area contributed by atoms with E-state index in [0.717, 1.165) is 24.1 Å². The second-order valence-electron chi connectivity index (χ2n) is 9.18. The minimum Gasteiger partial charge on any atom is -0.492 e. The molecule has 0 aliphatic carbocycles. The van der Waals surface area contributed by atoms with Crippen LogP contribution in [0.5, 0.6) is 5.75 Å². The summed E-state index contributed by atoms with van der Waals surface area (Å²) in [6.45, 7) is 5.32. The van der Waals surface area contributed by atoms with Crippen molar-refractivity contribution in [2.75, 3.05) is 29.5 Å². The van der Waals surface area contributed by atoms with Crippen molar-refractivity contribution in [3.63, 3.8) is 0 Å². The molecule has 10 heteroatoms. The summed E-state index contributed by atoms with van der Waals surface area (Å²) in [6.07, 6.45) is 2.85. The van der Waals surface area contributed by atoms with Gasteiger partial charge < -0.3 is 20.3 Å². The molecule has 0 bridgehead atoms. The van der Waals surface area contributed by atoms with E-state index in [4.69, 9.17) is 22.1 Å². The summed E-state index contributed by atoms with van der Waals surface area (Å²) in [5.41, 5.74) is 9.48. The molecule has 0 unspecified atom stereocenters. The van der Waals surface area contributed by atoms with E-state index in [-0.39, 0.29) is 23.2 Å². The number of benzene rings is 2. The van der Waals surface area contributed by atoms with E-state index < -0.39 is 5.91 Å². The summed E-state index contributed by atoms with van der Waals surface area (Å²) >= 11 is 6.40. The normalized spacial score (nSPS) is 15.6. The highest BCUT2D eigenvalue weighted by Crippen LogP contribution is 2.34. The smallest absolute Gasteiger partial charge is 0.277 e. The lowest BCUT2D eigenvalue weighted by molar-refractivity contribution is -0.119. The largest absolute Gasteiger partial charge is 0.492 e. The maximum atomic E-state index is 13.8. The zero-order chi connectivity index (χ0) is 26.3. The van der Waals surface area contributed by atoms with Gasteiger partial charge in [-0.05, 0) is 75.1 Å². The number of hydrogen-bond acceptors (Lipinski definition) is 5. The van der Waals surface area contributed by atoms with E-state index in [1.54, 1.807) is 23.1 Å². The molecule has 3 amide bonds. The SMILES string of the molecule is CCOc1ccc(-n2nc(C(N)=O)c3c2C(=O)N(c2ccc(N4CCCCC4=O)c(C)c2)CC3)cc1Cl. The van der Waals surface area contributed by atoms with Gasteiger partial charge in [0.1, 0.15) is 11.4 Å². The molecule has 2 aliphatic heterocycles. The van der Waals surface area contributed by atoms with Crippen LogP contribution in [0, 0.1) is 6.92 Å². The van der Waals surface area contributed by atoms with Crippen molar-refractivity contribution >= 4 is 40.7 Å². The number of carbonyl (C=O) groups is 3. The van der Waals surface area contributed by atoms with Crippen LogP contribution < -0.4 is 20.3 Å². The predicted octanol–water partition coefficient (Wildman–Crippen LogP) is 4.05. The Morgan fingerprint density at radius 2 is 1.84 bits per heavy atom. The molecule has 37 heavy (non-hydrogen) atoms. The van der Waals surface area contributed by atoms with Crippen molar-refractivity contribution < 1.29 is 19.1 Å².